The van der Waals surface area contributed by atoms with Crippen molar-refractivity contribution in [2.24, 2.45) is 0 Å². The molecule has 1 aromatic carbocycles. The van der Waals surface area contributed by atoms with Crippen LogP contribution in [0.3, 0.4) is 0 Å². The molecule has 0 spiro atoms. The van der Waals surface area contributed by atoms with E-state index in [4.69, 9.17) is 0 Å². The molecular formula is C16H20N2O2S2. The van der Waals surface area contributed by atoms with Crippen molar-refractivity contribution in [2.45, 2.75) is 18.9 Å². The summed E-state index contributed by atoms with van der Waals surface area (Å²) in [5.41, 5.74) is 0.277. The molecule has 2 aromatic rings. The average molecular weight is 336 g/mol. The number of hydrogen-bond donors (Lipinski definition) is 2. The summed E-state index contributed by atoms with van der Waals surface area (Å²) in [6, 6.07) is 10.0. The van der Waals surface area contributed by atoms with Crippen LogP contribution in [0.2, 0.25) is 0 Å². The lowest BCUT2D eigenvalue weighted by atomic mass is 10.1. The minimum absolute atomic E-state index is 0.182. The van der Waals surface area contributed by atoms with Gasteiger partial charge in [0.15, 0.2) is 0 Å². The number of nitrogens with one attached hydrogen (secondary N) is 1. The van der Waals surface area contributed by atoms with E-state index in [1.807, 2.05) is 36.6 Å². The van der Waals surface area contributed by atoms with Gasteiger partial charge in [-0.2, -0.15) is 11.8 Å². The summed E-state index contributed by atoms with van der Waals surface area (Å²) in [4.78, 5) is 17.0. The van der Waals surface area contributed by atoms with Crippen LogP contribution in [-0.2, 0) is 6.42 Å². The molecule has 118 valence electrons. The van der Waals surface area contributed by atoms with E-state index < -0.39 is 5.60 Å². The van der Waals surface area contributed by atoms with Gasteiger partial charge in [-0.25, -0.2) is 4.98 Å². The molecule has 2 N–H and O–H groups in total. The number of thioether (sulfide) groups is 1. The summed E-state index contributed by atoms with van der Waals surface area (Å²) in [6.45, 7) is 1.95. The summed E-state index contributed by atoms with van der Waals surface area (Å²) in [7, 11) is 0. The number of nitrogens with zero attached hydrogens (tertiary/aromatic N) is 1. The van der Waals surface area contributed by atoms with Gasteiger partial charge in [-0.3, -0.25) is 4.79 Å². The molecule has 0 aliphatic heterocycles. The van der Waals surface area contributed by atoms with E-state index >= 15 is 0 Å². The number of aliphatic hydroxyl groups is 1. The van der Waals surface area contributed by atoms with Gasteiger partial charge in [-0.15, -0.1) is 11.3 Å². The Morgan fingerprint density at radius 2 is 2.14 bits per heavy atom. The number of carbonyl (C=O) groups is 1. The SMILES string of the molecule is CSCC(C)(O)CNC(=O)c1cnc(Cc2ccccc2)s1. The van der Waals surface area contributed by atoms with Gasteiger partial charge in [0.05, 0.1) is 16.8 Å². The minimum Gasteiger partial charge on any atom is -0.387 e. The predicted octanol–water partition coefficient (Wildman–Crippen LogP) is 2.58. The summed E-state index contributed by atoms with van der Waals surface area (Å²) >= 11 is 2.94. The van der Waals surface area contributed by atoms with E-state index in [0.717, 1.165) is 11.4 Å². The fourth-order valence-corrected chi connectivity index (χ4v) is 3.58. The van der Waals surface area contributed by atoms with Crippen molar-refractivity contribution in [3.05, 3.63) is 52.0 Å². The van der Waals surface area contributed by atoms with Crippen molar-refractivity contribution in [2.75, 3.05) is 18.6 Å². The quantitative estimate of drug-likeness (QED) is 0.816. The van der Waals surface area contributed by atoms with E-state index in [1.54, 1.807) is 24.9 Å². The Morgan fingerprint density at radius 3 is 2.82 bits per heavy atom. The molecule has 6 heteroatoms. The first-order chi connectivity index (χ1) is 10.5. The smallest absolute Gasteiger partial charge is 0.263 e. The van der Waals surface area contributed by atoms with E-state index in [1.165, 1.54) is 16.9 Å². The van der Waals surface area contributed by atoms with Crippen LogP contribution in [-0.4, -0.2) is 40.2 Å². The van der Waals surface area contributed by atoms with Gasteiger partial charge >= 0.3 is 0 Å². The maximum absolute atomic E-state index is 12.1. The Hall–Kier alpha value is -1.37. The molecule has 1 aromatic heterocycles. The Balaban J connectivity index is 1.92. The van der Waals surface area contributed by atoms with Crippen LogP contribution in [0.25, 0.3) is 0 Å². The molecule has 1 amide bonds. The second kappa shape index (κ2) is 7.76. The average Bonchev–Trinajstić information content (AvgIpc) is 2.94. The molecule has 22 heavy (non-hydrogen) atoms. The zero-order valence-electron chi connectivity index (χ0n) is 12.7. The number of hydrogen-bond acceptors (Lipinski definition) is 5. The fourth-order valence-electron chi connectivity index (χ4n) is 1.99. The van der Waals surface area contributed by atoms with Gasteiger partial charge in [0, 0.05) is 18.7 Å². The molecule has 2 rings (SSSR count). The van der Waals surface area contributed by atoms with Crippen molar-refractivity contribution in [3.63, 3.8) is 0 Å². The Morgan fingerprint density at radius 1 is 1.41 bits per heavy atom. The summed E-state index contributed by atoms with van der Waals surface area (Å²) < 4.78 is 0. The third-order valence-electron chi connectivity index (χ3n) is 3.06. The van der Waals surface area contributed by atoms with Gasteiger partial charge in [-0.1, -0.05) is 30.3 Å². The number of carbonyl (C=O) groups excluding carboxylic acids is 1. The van der Waals surface area contributed by atoms with Crippen molar-refractivity contribution >= 4 is 29.0 Å². The lowest BCUT2D eigenvalue weighted by molar-refractivity contribution is 0.0727. The maximum Gasteiger partial charge on any atom is 0.263 e. The molecule has 4 nitrogen and oxygen atoms in total. The molecule has 1 unspecified atom stereocenters. The Labute approximate surface area is 139 Å². The molecule has 0 radical (unpaired) electrons. The molecule has 0 saturated heterocycles. The monoisotopic (exact) mass is 336 g/mol. The van der Waals surface area contributed by atoms with Crippen LogP contribution in [0.5, 0.6) is 0 Å². The zero-order chi connectivity index (χ0) is 16.0. The first-order valence-electron chi connectivity index (χ1n) is 6.98. The lowest BCUT2D eigenvalue weighted by Gasteiger charge is -2.22. The molecule has 1 atom stereocenters. The number of amides is 1. The molecule has 1 heterocycles. The second-order valence-electron chi connectivity index (χ2n) is 5.39. The molecular weight excluding hydrogens is 316 g/mol. The highest BCUT2D eigenvalue weighted by atomic mass is 32.2. The number of thiazole rings is 1. The van der Waals surface area contributed by atoms with Crippen molar-refractivity contribution in [1.82, 2.24) is 10.3 Å². The van der Waals surface area contributed by atoms with Crippen LogP contribution >= 0.6 is 23.1 Å². The second-order valence-corrected chi connectivity index (χ2v) is 7.37. The van der Waals surface area contributed by atoms with E-state index in [-0.39, 0.29) is 12.5 Å². The highest BCUT2D eigenvalue weighted by molar-refractivity contribution is 7.98. The van der Waals surface area contributed by atoms with Gasteiger partial charge in [0.1, 0.15) is 4.88 Å². The van der Waals surface area contributed by atoms with Crippen molar-refractivity contribution in [1.29, 1.82) is 0 Å². The van der Waals surface area contributed by atoms with Gasteiger partial charge in [-0.05, 0) is 18.7 Å². The first kappa shape index (κ1) is 17.0. The van der Waals surface area contributed by atoms with Crippen LogP contribution in [0.4, 0.5) is 0 Å². The van der Waals surface area contributed by atoms with Crippen LogP contribution in [0.1, 0.15) is 27.2 Å². The molecule has 0 fully saturated rings. The first-order valence-corrected chi connectivity index (χ1v) is 9.19. The molecule has 0 aliphatic carbocycles. The maximum atomic E-state index is 12.1. The zero-order valence-corrected chi connectivity index (χ0v) is 14.3. The van der Waals surface area contributed by atoms with Crippen molar-refractivity contribution < 1.29 is 9.90 Å². The third-order valence-corrected chi connectivity index (χ3v) is 4.97. The van der Waals surface area contributed by atoms with Gasteiger partial charge < -0.3 is 10.4 Å². The van der Waals surface area contributed by atoms with E-state index in [2.05, 4.69) is 10.3 Å². The minimum atomic E-state index is -0.896. The largest absolute Gasteiger partial charge is 0.387 e. The normalized spacial score (nSPS) is 13.6. The van der Waals surface area contributed by atoms with E-state index in [0.29, 0.717) is 10.6 Å². The summed E-state index contributed by atoms with van der Waals surface area (Å²) in [5.74, 6) is 0.396. The topological polar surface area (TPSA) is 62.2 Å². The number of benzene rings is 1. The Bertz CT molecular complexity index is 612. The summed E-state index contributed by atoms with van der Waals surface area (Å²) in [6.07, 6.45) is 4.25. The standard InChI is InChI=1S/C16H20N2O2S2/c1-16(20,11-21-2)10-18-15(19)13-9-17-14(22-13)8-12-6-4-3-5-7-12/h3-7,9,20H,8,10-11H2,1-2H3,(H,18,19). The fraction of sp³-hybridized carbons (Fsp3) is 0.375. The van der Waals surface area contributed by atoms with Crippen LogP contribution < -0.4 is 5.32 Å². The molecule has 0 aliphatic rings. The Kier molecular flexibility index (Phi) is 5.99. The van der Waals surface area contributed by atoms with Crippen molar-refractivity contribution in [3.8, 4) is 0 Å². The molecule has 0 bridgehead atoms. The third kappa shape index (κ3) is 5.12. The van der Waals surface area contributed by atoms with Gasteiger partial charge in [0.2, 0.25) is 0 Å². The van der Waals surface area contributed by atoms with E-state index in [9.17, 15) is 9.90 Å². The van der Waals surface area contributed by atoms with Crippen LogP contribution in [0, 0.1) is 0 Å². The van der Waals surface area contributed by atoms with Crippen LogP contribution in [0.15, 0.2) is 36.5 Å². The lowest BCUT2D eigenvalue weighted by Crippen LogP contribution is -2.42. The summed E-state index contributed by atoms with van der Waals surface area (Å²) in [5, 5.41) is 13.7. The highest BCUT2D eigenvalue weighted by Crippen LogP contribution is 2.17. The highest BCUT2D eigenvalue weighted by Gasteiger charge is 2.21. The predicted molar refractivity (Wildman–Crippen MR) is 92.7 cm³/mol. The number of aromatic nitrogens is 1. The van der Waals surface area contributed by atoms with Gasteiger partial charge in [0.25, 0.3) is 5.91 Å². The molecule has 0 saturated carbocycles. The number of rotatable bonds is 7.